The molecule has 4 aromatic heterocycles. The third-order valence-corrected chi connectivity index (χ3v) is 6.07. The van der Waals surface area contributed by atoms with E-state index in [4.69, 9.17) is 9.72 Å². The number of H-pyrrole nitrogens is 1. The van der Waals surface area contributed by atoms with Gasteiger partial charge in [-0.2, -0.15) is 22.6 Å². The first-order valence-corrected chi connectivity index (χ1v) is 10.4. The smallest absolute Gasteiger partial charge is 0.377 e. The van der Waals surface area contributed by atoms with Crippen molar-refractivity contribution in [1.29, 1.82) is 0 Å². The van der Waals surface area contributed by atoms with Gasteiger partial charge in [-0.1, -0.05) is 6.07 Å². The zero-order chi connectivity index (χ0) is 21.6. The third kappa shape index (κ3) is 3.53. The first-order valence-electron chi connectivity index (χ1n) is 9.60. The molecule has 31 heavy (non-hydrogen) atoms. The van der Waals surface area contributed by atoms with Gasteiger partial charge in [0.2, 0.25) is 0 Å². The number of aromatic amines is 1. The van der Waals surface area contributed by atoms with E-state index in [1.165, 1.54) is 12.1 Å². The van der Waals surface area contributed by atoms with E-state index < -0.39 is 11.9 Å². The number of morpholine rings is 1. The number of halogens is 3. The van der Waals surface area contributed by atoms with Crippen molar-refractivity contribution in [3.63, 3.8) is 0 Å². The van der Waals surface area contributed by atoms with Gasteiger partial charge in [0, 0.05) is 30.1 Å². The molecular formula is C20H17F3N6OS. The minimum absolute atomic E-state index is 0.00405. The van der Waals surface area contributed by atoms with Gasteiger partial charge in [0.25, 0.3) is 0 Å². The molecule has 1 fully saturated rings. The van der Waals surface area contributed by atoms with Crippen LogP contribution in [0.25, 0.3) is 32.7 Å². The molecule has 0 unspecified atom stereocenters. The molecule has 7 nitrogen and oxygen atoms in total. The number of fused-ring (bicyclic) bond motifs is 1. The topological polar surface area (TPSA) is 79.8 Å². The van der Waals surface area contributed by atoms with Gasteiger partial charge >= 0.3 is 6.18 Å². The maximum atomic E-state index is 13.7. The van der Waals surface area contributed by atoms with Gasteiger partial charge < -0.3 is 9.64 Å². The molecule has 0 aliphatic carbocycles. The summed E-state index contributed by atoms with van der Waals surface area (Å²) in [5.74, 6) is 0.580. The maximum absolute atomic E-state index is 13.7. The molecule has 0 radical (unpaired) electrons. The Labute approximate surface area is 179 Å². The van der Waals surface area contributed by atoms with Crippen molar-refractivity contribution in [1.82, 2.24) is 24.5 Å². The fourth-order valence-corrected chi connectivity index (χ4v) is 4.60. The van der Waals surface area contributed by atoms with E-state index in [1.807, 2.05) is 11.8 Å². The van der Waals surface area contributed by atoms with Gasteiger partial charge in [0.05, 0.1) is 29.6 Å². The Bertz CT molecular complexity index is 1220. The van der Waals surface area contributed by atoms with Gasteiger partial charge in [-0.15, -0.1) is 0 Å². The zero-order valence-electron chi connectivity index (χ0n) is 16.3. The number of nitrogens with zero attached hydrogens (tertiary/aromatic N) is 5. The quantitative estimate of drug-likeness (QED) is 0.503. The fraction of sp³-hybridized carbons (Fsp3) is 0.300. The van der Waals surface area contributed by atoms with Crippen LogP contribution in [0.5, 0.6) is 0 Å². The Morgan fingerprint density at radius 2 is 2.10 bits per heavy atom. The first-order chi connectivity index (χ1) is 14.9. The molecule has 1 aliphatic rings. The van der Waals surface area contributed by atoms with E-state index >= 15 is 0 Å². The summed E-state index contributed by atoms with van der Waals surface area (Å²) in [5, 5.41) is 6.83. The highest BCUT2D eigenvalue weighted by Crippen LogP contribution is 2.42. The van der Waals surface area contributed by atoms with Crippen LogP contribution in [0.4, 0.5) is 19.0 Å². The number of rotatable bonds is 3. The number of aromatic nitrogens is 5. The molecule has 0 bridgehead atoms. The molecule has 0 aromatic carbocycles. The Balaban J connectivity index is 1.78. The fourth-order valence-electron chi connectivity index (χ4n) is 3.73. The van der Waals surface area contributed by atoms with E-state index in [0.717, 1.165) is 17.7 Å². The molecule has 1 saturated heterocycles. The summed E-state index contributed by atoms with van der Waals surface area (Å²) in [5.41, 5.74) is 1.21. The second-order valence-electron chi connectivity index (χ2n) is 7.22. The monoisotopic (exact) mass is 446 g/mol. The summed E-state index contributed by atoms with van der Waals surface area (Å²) in [6, 6.07) is 6.43. The van der Waals surface area contributed by atoms with Crippen molar-refractivity contribution in [2.24, 2.45) is 0 Å². The third-order valence-electron chi connectivity index (χ3n) is 5.20. The Morgan fingerprint density at radius 1 is 1.23 bits per heavy atom. The van der Waals surface area contributed by atoms with E-state index in [-0.39, 0.29) is 11.6 Å². The molecule has 0 saturated carbocycles. The number of anilines is 1. The molecule has 1 N–H and O–H groups in total. The molecule has 5 rings (SSSR count). The summed E-state index contributed by atoms with van der Waals surface area (Å²) < 4.78 is 51.8. The second kappa shape index (κ2) is 7.57. The van der Waals surface area contributed by atoms with Crippen LogP contribution < -0.4 is 4.90 Å². The lowest BCUT2D eigenvalue weighted by molar-refractivity contribution is -0.140. The normalized spacial score (nSPS) is 17.4. The SMILES string of the molecule is C[C@@H]1COCCN1c1cc(-c2cccnc2C(F)(F)F)c2snc(-c3ccn[nH]3)c2n1. The van der Waals surface area contributed by atoms with Crippen LogP contribution in [0.3, 0.4) is 0 Å². The number of hydrogen-bond donors (Lipinski definition) is 1. The van der Waals surface area contributed by atoms with E-state index in [0.29, 0.717) is 52.7 Å². The van der Waals surface area contributed by atoms with Crippen molar-refractivity contribution < 1.29 is 17.9 Å². The second-order valence-corrected chi connectivity index (χ2v) is 8.00. The Kier molecular flexibility index (Phi) is 4.86. The Morgan fingerprint density at radius 3 is 2.84 bits per heavy atom. The van der Waals surface area contributed by atoms with Gasteiger partial charge in [0.15, 0.2) is 5.69 Å². The number of alkyl halides is 3. The molecule has 1 atom stereocenters. The van der Waals surface area contributed by atoms with E-state index in [1.54, 1.807) is 18.3 Å². The first kappa shape index (κ1) is 19.9. The summed E-state index contributed by atoms with van der Waals surface area (Å²) >= 11 is 1.11. The number of pyridine rings is 2. The highest BCUT2D eigenvalue weighted by molar-refractivity contribution is 7.14. The highest BCUT2D eigenvalue weighted by Gasteiger charge is 2.36. The lowest BCUT2D eigenvalue weighted by Crippen LogP contribution is -2.44. The number of hydrogen-bond acceptors (Lipinski definition) is 7. The average molecular weight is 446 g/mol. The van der Waals surface area contributed by atoms with Gasteiger partial charge in [-0.25, -0.2) is 4.98 Å². The minimum Gasteiger partial charge on any atom is -0.377 e. The molecule has 1 aliphatic heterocycles. The Hall–Kier alpha value is -3.05. The predicted molar refractivity (Wildman–Crippen MR) is 111 cm³/mol. The lowest BCUT2D eigenvalue weighted by atomic mass is 10.0. The van der Waals surface area contributed by atoms with Gasteiger partial charge in [-0.05, 0) is 36.7 Å². The molecule has 0 spiro atoms. The van der Waals surface area contributed by atoms with Crippen LogP contribution in [0.2, 0.25) is 0 Å². The summed E-state index contributed by atoms with van der Waals surface area (Å²) in [6.07, 6.45) is -1.84. The predicted octanol–water partition coefficient (Wildman–Crippen LogP) is 4.39. The van der Waals surface area contributed by atoms with Crippen molar-refractivity contribution in [3.05, 3.63) is 42.4 Å². The lowest BCUT2D eigenvalue weighted by Gasteiger charge is -2.34. The number of ether oxygens (including phenoxy) is 1. The maximum Gasteiger partial charge on any atom is 0.433 e. The largest absolute Gasteiger partial charge is 0.433 e. The molecule has 160 valence electrons. The highest BCUT2D eigenvalue weighted by atomic mass is 32.1. The molecule has 11 heteroatoms. The molecule has 5 heterocycles. The summed E-state index contributed by atoms with van der Waals surface area (Å²) in [6.45, 7) is 3.63. The van der Waals surface area contributed by atoms with Crippen LogP contribution in [-0.4, -0.2) is 50.3 Å². The zero-order valence-corrected chi connectivity index (χ0v) is 17.2. The minimum atomic E-state index is -4.59. The van der Waals surface area contributed by atoms with E-state index in [2.05, 4.69) is 19.6 Å². The summed E-state index contributed by atoms with van der Waals surface area (Å²) in [4.78, 5) is 10.5. The van der Waals surface area contributed by atoms with Gasteiger partial charge in [0.1, 0.15) is 17.0 Å². The standard InChI is InChI=1S/C20H17F3N6OS/c1-11-10-30-8-7-29(11)15-9-13(12-3-2-5-24-19(12)20(21,22)23)18-17(26-15)16(28-31-18)14-4-6-25-27-14/h2-6,9,11H,7-8,10H2,1H3,(H,25,27)/t11-/m1/s1. The van der Waals surface area contributed by atoms with Crippen LogP contribution in [-0.2, 0) is 10.9 Å². The van der Waals surface area contributed by atoms with Crippen molar-refractivity contribution in [2.75, 3.05) is 24.7 Å². The van der Waals surface area contributed by atoms with Crippen LogP contribution >= 0.6 is 11.5 Å². The van der Waals surface area contributed by atoms with Crippen LogP contribution in [0.1, 0.15) is 12.6 Å². The molecular weight excluding hydrogens is 429 g/mol. The molecule has 0 amide bonds. The van der Waals surface area contributed by atoms with Crippen molar-refractivity contribution in [2.45, 2.75) is 19.1 Å². The van der Waals surface area contributed by atoms with Crippen molar-refractivity contribution >= 4 is 27.6 Å². The average Bonchev–Trinajstić information content (AvgIpc) is 3.42. The van der Waals surface area contributed by atoms with Crippen LogP contribution in [0.15, 0.2) is 36.7 Å². The summed E-state index contributed by atoms with van der Waals surface area (Å²) in [7, 11) is 0. The van der Waals surface area contributed by atoms with Gasteiger partial charge in [-0.3, -0.25) is 10.1 Å². The van der Waals surface area contributed by atoms with Crippen molar-refractivity contribution in [3.8, 4) is 22.5 Å². The number of nitrogens with one attached hydrogen (secondary N) is 1. The van der Waals surface area contributed by atoms with Crippen LogP contribution in [0, 0.1) is 0 Å². The van der Waals surface area contributed by atoms with E-state index in [9.17, 15) is 13.2 Å². The molecule has 4 aromatic rings.